The van der Waals surface area contributed by atoms with E-state index < -0.39 is 17.3 Å². The molecule has 0 aliphatic rings. The molecule has 10 heteroatoms. The van der Waals surface area contributed by atoms with E-state index in [1.807, 2.05) is 0 Å². The Labute approximate surface area is 189 Å². The van der Waals surface area contributed by atoms with Crippen LogP contribution in [0.1, 0.15) is 28.1 Å². The number of halogens is 4. The minimum atomic E-state index is -4.62. The monoisotopic (exact) mass is 478 g/mol. The van der Waals surface area contributed by atoms with Crippen LogP contribution in [0.4, 0.5) is 13.2 Å². The van der Waals surface area contributed by atoms with Crippen LogP contribution >= 0.6 is 23.8 Å². The summed E-state index contributed by atoms with van der Waals surface area (Å²) in [6.45, 7) is 0. The highest BCUT2D eigenvalue weighted by Gasteiger charge is 2.31. The fourth-order valence-electron chi connectivity index (χ4n) is 3.31. The zero-order valence-corrected chi connectivity index (χ0v) is 17.8. The second-order valence-electron chi connectivity index (χ2n) is 7.00. The Morgan fingerprint density at radius 3 is 2.62 bits per heavy atom. The second kappa shape index (κ2) is 8.40. The van der Waals surface area contributed by atoms with Crippen molar-refractivity contribution < 1.29 is 22.4 Å². The summed E-state index contributed by atoms with van der Waals surface area (Å²) in [6, 6.07) is 10.6. The number of aromatic nitrogens is 2. The molecule has 4 rings (SSSR count). The molecule has 0 fully saturated rings. The smallest absolute Gasteiger partial charge is 0.416 e. The maximum Gasteiger partial charge on any atom is 0.416 e. The Kier molecular flexibility index (Phi) is 5.79. The number of furan rings is 1. The highest BCUT2D eigenvalue weighted by Crippen LogP contribution is 2.33. The van der Waals surface area contributed by atoms with Gasteiger partial charge in [0.05, 0.1) is 33.4 Å². The van der Waals surface area contributed by atoms with Crippen LogP contribution in [0.2, 0.25) is 5.02 Å². The van der Waals surface area contributed by atoms with E-state index in [1.54, 1.807) is 12.1 Å². The van der Waals surface area contributed by atoms with Gasteiger partial charge in [-0.3, -0.25) is 14.2 Å². The van der Waals surface area contributed by atoms with E-state index in [1.165, 1.54) is 24.5 Å². The predicted octanol–water partition coefficient (Wildman–Crippen LogP) is 6.13. The third-order valence-corrected chi connectivity index (χ3v) is 5.52. The molecule has 0 bridgehead atoms. The number of aromatic amines is 1. The van der Waals surface area contributed by atoms with E-state index in [9.17, 15) is 22.8 Å². The molecule has 4 aromatic rings. The van der Waals surface area contributed by atoms with Crippen LogP contribution in [-0.2, 0) is 12.6 Å². The number of Topliss-reactive ketones (excluding diaryl/α,β-unsaturated/α-hetero) is 1. The van der Waals surface area contributed by atoms with Crippen molar-refractivity contribution in [3.05, 3.63) is 91.8 Å². The Bertz CT molecular complexity index is 1440. The topological polar surface area (TPSA) is 68.0 Å². The van der Waals surface area contributed by atoms with Gasteiger partial charge in [-0.15, -0.1) is 0 Å². The third-order valence-electron chi connectivity index (χ3n) is 4.91. The van der Waals surface area contributed by atoms with Gasteiger partial charge in [0.15, 0.2) is 10.6 Å². The maximum absolute atomic E-state index is 13.1. The van der Waals surface area contributed by atoms with E-state index in [0.717, 1.165) is 22.8 Å². The SMILES string of the molecule is O=C(CCc1ccco1)c1ccc2c(=O)n(-c3cc(C(F)(F)F)ccc3Cl)c(=S)[nH]c2c1. The van der Waals surface area contributed by atoms with Crippen molar-refractivity contribution in [1.82, 2.24) is 9.55 Å². The minimum Gasteiger partial charge on any atom is -0.469 e. The van der Waals surface area contributed by atoms with Crippen molar-refractivity contribution in [2.75, 3.05) is 0 Å². The molecular weight excluding hydrogens is 465 g/mol. The molecule has 0 unspecified atom stereocenters. The third kappa shape index (κ3) is 4.26. The lowest BCUT2D eigenvalue weighted by atomic mass is 10.0. The zero-order valence-electron chi connectivity index (χ0n) is 16.2. The van der Waals surface area contributed by atoms with Gasteiger partial charge in [0.25, 0.3) is 5.56 Å². The van der Waals surface area contributed by atoms with E-state index in [-0.39, 0.29) is 33.1 Å². The first-order chi connectivity index (χ1) is 15.1. The molecule has 0 atom stereocenters. The molecule has 0 aliphatic carbocycles. The van der Waals surface area contributed by atoms with Gasteiger partial charge in [-0.25, -0.2) is 0 Å². The van der Waals surface area contributed by atoms with Crippen LogP contribution in [0.5, 0.6) is 0 Å². The van der Waals surface area contributed by atoms with Crippen molar-refractivity contribution in [3.8, 4) is 5.69 Å². The number of nitrogens with zero attached hydrogens (tertiary/aromatic N) is 1. The molecule has 2 heterocycles. The summed E-state index contributed by atoms with van der Waals surface area (Å²) in [7, 11) is 0. The maximum atomic E-state index is 13.1. The van der Waals surface area contributed by atoms with Crippen LogP contribution in [0.3, 0.4) is 0 Å². The van der Waals surface area contributed by atoms with Crippen molar-refractivity contribution in [3.63, 3.8) is 0 Å². The second-order valence-corrected chi connectivity index (χ2v) is 7.79. The highest BCUT2D eigenvalue weighted by molar-refractivity contribution is 7.71. The van der Waals surface area contributed by atoms with Gasteiger partial charge in [-0.05, 0) is 54.7 Å². The lowest BCUT2D eigenvalue weighted by Gasteiger charge is -2.13. The van der Waals surface area contributed by atoms with Gasteiger partial charge >= 0.3 is 6.18 Å². The zero-order chi connectivity index (χ0) is 23.0. The number of nitrogens with one attached hydrogen (secondary N) is 1. The first-order valence-electron chi connectivity index (χ1n) is 9.37. The summed E-state index contributed by atoms with van der Waals surface area (Å²) in [4.78, 5) is 28.4. The van der Waals surface area contributed by atoms with Crippen LogP contribution in [0, 0.1) is 4.77 Å². The highest BCUT2D eigenvalue weighted by atomic mass is 35.5. The van der Waals surface area contributed by atoms with Crippen molar-refractivity contribution in [2.45, 2.75) is 19.0 Å². The summed E-state index contributed by atoms with van der Waals surface area (Å²) < 4.78 is 45.4. The average Bonchev–Trinajstić information content (AvgIpc) is 3.25. The van der Waals surface area contributed by atoms with Crippen LogP contribution in [0.25, 0.3) is 16.6 Å². The standard InChI is InChI=1S/C22H14ClF3N2O3S/c23-16-7-4-13(22(24,25)26)11-18(16)28-20(30)15-6-3-12(10-17(15)27-21(28)32)19(29)8-5-14-2-1-9-31-14/h1-4,6-7,9-11H,5,8H2,(H,27,32). The van der Waals surface area contributed by atoms with E-state index in [0.29, 0.717) is 23.3 Å². The molecule has 32 heavy (non-hydrogen) atoms. The van der Waals surface area contributed by atoms with Gasteiger partial charge in [-0.1, -0.05) is 17.7 Å². The van der Waals surface area contributed by atoms with E-state index in [2.05, 4.69) is 4.98 Å². The number of aryl methyl sites for hydroxylation is 1. The number of alkyl halides is 3. The quantitative estimate of drug-likeness (QED) is 0.277. The summed E-state index contributed by atoms with van der Waals surface area (Å²) in [6.07, 6.45) is -2.46. The van der Waals surface area contributed by atoms with Crippen molar-refractivity contribution in [1.29, 1.82) is 0 Å². The fraction of sp³-hybridized carbons (Fsp3) is 0.136. The van der Waals surface area contributed by atoms with Gasteiger partial charge < -0.3 is 9.40 Å². The number of rotatable bonds is 5. The van der Waals surface area contributed by atoms with Gasteiger partial charge in [0.2, 0.25) is 0 Å². The Balaban J connectivity index is 1.75. The number of H-pyrrole nitrogens is 1. The largest absolute Gasteiger partial charge is 0.469 e. The molecule has 0 saturated carbocycles. The van der Waals surface area contributed by atoms with E-state index >= 15 is 0 Å². The number of carbonyl (C=O) groups is 1. The molecule has 2 aromatic heterocycles. The number of benzene rings is 2. The van der Waals surface area contributed by atoms with Gasteiger partial charge in [-0.2, -0.15) is 13.2 Å². The predicted molar refractivity (Wildman–Crippen MR) is 116 cm³/mol. The molecule has 164 valence electrons. The first kappa shape index (κ1) is 22.0. The molecule has 0 saturated heterocycles. The van der Waals surface area contributed by atoms with Crippen LogP contribution in [0.15, 0.2) is 64.0 Å². The molecule has 0 radical (unpaired) electrons. The Hall–Kier alpha value is -3.17. The van der Waals surface area contributed by atoms with Crippen LogP contribution in [-0.4, -0.2) is 15.3 Å². The first-order valence-corrected chi connectivity index (χ1v) is 10.2. The lowest BCUT2D eigenvalue weighted by Crippen LogP contribution is -2.21. The van der Waals surface area contributed by atoms with Crippen molar-refractivity contribution in [2.24, 2.45) is 0 Å². The van der Waals surface area contributed by atoms with Gasteiger partial charge in [0, 0.05) is 18.4 Å². The molecular formula is C22H14ClF3N2O3S. The van der Waals surface area contributed by atoms with E-state index in [4.69, 9.17) is 28.2 Å². The number of ketones is 1. The normalized spacial score (nSPS) is 11.8. The lowest BCUT2D eigenvalue weighted by molar-refractivity contribution is -0.137. The number of fused-ring (bicyclic) bond motifs is 1. The summed E-state index contributed by atoms with van der Waals surface area (Å²) in [5.74, 6) is 0.520. The Morgan fingerprint density at radius 2 is 1.94 bits per heavy atom. The molecule has 0 amide bonds. The number of hydrogen-bond donors (Lipinski definition) is 1. The molecule has 1 N–H and O–H groups in total. The molecule has 5 nitrogen and oxygen atoms in total. The molecule has 2 aromatic carbocycles. The fourth-order valence-corrected chi connectivity index (χ4v) is 3.80. The molecule has 0 aliphatic heterocycles. The summed E-state index contributed by atoms with van der Waals surface area (Å²) in [5, 5.41) is 0.0818. The number of carbonyl (C=O) groups excluding carboxylic acids is 1. The van der Waals surface area contributed by atoms with Crippen LogP contribution < -0.4 is 5.56 Å². The number of hydrogen-bond acceptors (Lipinski definition) is 4. The molecule has 0 spiro atoms. The summed E-state index contributed by atoms with van der Waals surface area (Å²) >= 11 is 11.3. The average molecular weight is 479 g/mol. The van der Waals surface area contributed by atoms with Crippen molar-refractivity contribution >= 4 is 40.5 Å². The summed E-state index contributed by atoms with van der Waals surface area (Å²) in [5.41, 5.74) is -1.14. The Morgan fingerprint density at radius 1 is 1.16 bits per heavy atom. The minimum absolute atomic E-state index is 0.0660. The van der Waals surface area contributed by atoms with Gasteiger partial charge in [0.1, 0.15) is 5.76 Å².